The monoisotopic (exact) mass is 245 g/mol. The third-order valence-electron chi connectivity index (χ3n) is 2.69. The smallest absolute Gasteiger partial charge is 0.148 e. The van der Waals surface area contributed by atoms with Crippen LogP contribution in [-0.2, 0) is 0 Å². The molecule has 4 heteroatoms. The molecule has 0 amide bonds. The normalized spacial score (nSPS) is 10.4. The van der Waals surface area contributed by atoms with Crippen LogP contribution in [0, 0.1) is 12.7 Å². The predicted molar refractivity (Wildman–Crippen MR) is 70.9 cm³/mol. The van der Waals surface area contributed by atoms with Gasteiger partial charge in [-0.05, 0) is 37.1 Å². The third-order valence-corrected chi connectivity index (χ3v) is 2.69. The highest BCUT2D eigenvalue weighted by molar-refractivity contribution is 5.60. The minimum absolute atomic E-state index is 0.220. The van der Waals surface area contributed by atoms with E-state index in [1.54, 1.807) is 13.0 Å². The van der Waals surface area contributed by atoms with Gasteiger partial charge in [-0.2, -0.15) is 0 Å². The highest BCUT2D eigenvalue weighted by Gasteiger charge is 2.04. The quantitative estimate of drug-likeness (QED) is 0.897. The molecule has 18 heavy (non-hydrogen) atoms. The summed E-state index contributed by atoms with van der Waals surface area (Å²) in [7, 11) is 0. The van der Waals surface area contributed by atoms with E-state index in [0.717, 1.165) is 24.3 Å². The van der Waals surface area contributed by atoms with E-state index in [0.29, 0.717) is 11.3 Å². The first kappa shape index (κ1) is 12.5. The Hall–Kier alpha value is -1.97. The van der Waals surface area contributed by atoms with Crippen LogP contribution >= 0.6 is 0 Å². The third kappa shape index (κ3) is 2.83. The summed E-state index contributed by atoms with van der Waals surface area (Å²) in [6, 6.07) is 8.78. The Morgan fingerprint density at radius 2 is 2.00 bits per heavy atom. The Morgan fingerprint density at radius 1 is 1.17 bits per heavy atom. The predicted octanol–water partition coefficient (Wildman–Crippen LogP) is 3.41. The maximum atomic E-state index is 13.5. The molecule has 0 fully saturated rings. The summed E-state index contributed by atoms with van der Waals surface area (Å²) in [5.74, 6) is 0.524. The molecule has 0 saturated carbocycles. The number of hydrogen-bond acceptors (Lipinski definition) is 3. The zero-order chi connectivity index (χ0) is 13.0. The highest BCUT2D eigenvalue weighted by Crippen LogP contribution is 2.19. The lowest BCUT2D eigenvalue weighted by molar-refractivity contribution is 0.619. The molecule has 0 aliphatic heterocycles. The number of aromatic nitrogens is 2. The van der Waals surface area contributed by atoms with Crippen molar-refractivity contribution in [2.24, 2.45) is 0 Å². The second-order valence-corrected chi connectivity index (χ2v) is 4.19. The van der Waals surface area contributed by atoms with Gasteiger partial charge in [0.15, 0.2) is 0 Å². The van der Waals surface area contributed by atoms with E-state index in [2.05, 4.69) is 22.4 Å². The van der Waals surface area contributed by atoms with Crippen molar-refractivity contribution in [2.45, 2.75) is 20.3 Å². The molecule has 3 nitrogen and oxygen atoms in total. The second kappa shape index (κ2) is 5.58. The van der Waals surface area contributed by atoms with Crippen molar-refractivity contribution in [3.05, 3.63) is 41.7 Å². The number of aryl methyl sites for hydroxylation is 1. The van der Waals surface area contributed by atoms with Gasteiger partial charge >= 0.3 is 0 Å². The highest BCUT2D eigenvalue weighted by atomic mass is 19.1. The Labute approximate surface area is 106 Å². The van der Waals surface area contributed by atoms with Crippen LogP contribution in [0.1, 0.15) is 18.9 Å². The average Bonchev–Trinajstić information content (AvgIpc) is 2.40. The van der Waals surface area contributed by atoms with Gasteiger partial charge in [0, 0.05) is 12.1 Å². The molecule has 0 aliphatic carbocycles. The molecule has 2 rings (SSSR count). The molecule has 0 unspecified atom stereocenters. The summed E-state index contributed by atoms with van der Waals surface area (Å²) >= 11 is 0. The van der Waals surface area contributed by atoms with Crippen molar-refractivity contribution >= 4 is 5.82 Å². The number of anilines is 1. The molecule has 1 aromatic carbocycles. The van der Waals surface area contributed by atoms with Gasteiger partial charge in [0.05, 0.1) is 5.69 Å². The first-order valence-electron chi connectivity index (χ1n) is 6.05. The Bertz CT molecular complexity index is 523. The standard InChI is InChI=1S/C14H16FN3/c1-3-8-16-14-7-6-13(17-18-14)11-5-4-10(2)12(15)9-11/h4-7,9H,3,8H2,1-2H3,(H,16,18). The van der Waals surface area contributed by atoms with Crippen molar-refractivity contribution in [3.8, 4) is 11.3 Å². The van der Waals surface area contributed by atoms with E-state index in [-0.39, 0.29) is 5.82 Å². The molecule has 1 heterocycles. The molecule has 0 atom stereocenters. The molecule has 0 spiro atoms. The number of benzene rings is 1. The van der Waals surface area contributed by atoms with Gasteiger partial charge in [0.1, 0.15) is 11.6 Å². The molecule has 0 aliphatic rings. The van der Waals surface area contributed by atoms with Crippen LogP contribution in [-0.4, -0.2) is 16.7 Å². The van der Waals surface area contributed by atoms with Gasteiger partial charge in [-0.15, -0.1) is 10.2 Å². The van der Waals surface area contributed by atoms with Crippen LogP contribution in [0.2, 0.25) is 0 Å². The first-order valence-corrected chi connectivity index (χ1v) is 6.05. The number of nitrogens with one attached hydrogen (secondary N) is 1. The van der Waals surface area contributed by atoms with Crippen LogP contribution < -0.4 is 5.32 Å². The fourth-order valence-corrected chi connectivity index (χ4v) is 1.59. The van der Waals surface area contributed by atoms with Crippen molar-refractivity contribution in [2.75, 3.05) is 11.9 Å². The Kier molecular flexibility index (Phi) is 3.87. The summed E-state index contributed by atoms with van der Waals surface area (Å²) < 4.78 is 13.5. The first-order chi connectivity index (χ1) is 8.70. The zero-order valence-electron chi connectivity index (χ0n) is 10.6. The van der Waals surface area contributed by atoms with E-state index >= 15 is 0 Å². The van der Waals surface area contributed by atoms with Crippen LogP contribution in [0.3, 0.4) is 0 Å². The van der Waals surface area contributed by atoms with E-state index < -0.39 is 0 Å². The van der Waals surface area contributed by atoms with Crippen molar-refractivity contribution in [3.63, 3.8) is 0 Å². The molecule has 94 valence electrons. The van der Waals surface area contributed by atoms with Crippen LogP contribution in [0.4, 0.5) is 10.2 Å². The molecule has 1 N–H and O–H groups in total. The van der Waals surface area contributed by atoms with Crippen molar-refractivity contribution < 1.29 is 4.39 Å². The molecule has 0 radical (unpaired) electrons. The number of hydrogen-bond donors (Lipinski definition) is 1. The maximum absolute atomic E-state index is 13.5. The fraction of sp³-hybridized carbons (Fsp3) is 0.286. The fourth-order valence-electron chi connectivity index (χ4n) is 1.59. The number of halogens is 1. The van der Waals surface area contributed by atoms with Gasteiger partial charge < -0.3 is 5.32 Å². The molecule has 2 aromatic rings. The second-order valence-electron chi connectivity index (χ2n) is 4.19. The largest absolute Gasteiger partial charge is 0.369 e. The van der Waals surface area contributed by atoms with Gasteiger partial charge in [-0.1, -0.05) is 19.1 Å². The minimum atomic E-state index is -0.220. The number of nitrogens with zero attached hydrogens (tertiary/aromatic N) is 2. The Morgan fingerprint density at radius 3 is 2.61 bits per heavy atom. The number of rotatable bonds is 4. The lowest BCUT2D eigenvalue weighted by Crippen LogP contribution is -2.02. The van der Waals surface area contributed by atoms with E-state index in [1.165, 1.54) is 6.07 Å². The molecule has 0 bridgehead atoms. The van der Waals surface area contributed by atoms with Gasteiger partial charge in [-0.3, -0.25) is 0 Å². The molecule has 0 saturated heterocycles. The lowest BCUT2D eigenvalue weighted by atomic mass is 10.1. The SMILES string of the molecule is CCCNc1ccc(-c2ccc(C)c(F)c2)nn1. The van der Waals surface area contributed by atoms with Crippen LogP contribution in [0.15, 0.2) is 30.3 Å². The summed E-state index contributed by atoms with van der Waals surface area (Å²) in [4.78, 5) is 0. The summed E-state index contributed by atoms with van der Waals surface area (Å²) in [5.41, 5.74) is 2.05. The van der Waals surface area contributed by atoms with E-state index in [9.17, 15) is 4.39 Å². The minimum Gasteiger partial charge on any atom is -0.369 e. The maximum Gasteiger partial charge on any atom is 0.148 e. The van der Waals surface area contributed by atoms with Crippen molar-refractivity contribution in [1.29, 1.82) is 0 Å². The van der Waals surface area contributed by atoms with Gasteiger partial charge in [-0.25, -0.2) is 4.39 Å². The lowest BCUT2D eigenvalue weighted by Gasteiger charge is -2.05. The van der Waals surface area contributed by atoms with Crippen molar-refractivity contribution in [1.82, 2.24) is 10.2 Å². The molecular weight excluding hydrogens is 229 g/mol. The van der Waals surface area contributed by atoms with Crippen LogP contribution in [0.25, 0.3) is 11.3 Å². The topological polar surface area (TPSA) is 37.8 Å². The van der Waals surface area contributed by atoms with Crippen LogP contribution in [0.5, 0.6) is 0 Å². The van der Waals surface area contributed by atoms with E-state index in [4.69, 9.17) is 0 Å². The van der Waals surface area contributed by atoms with E-state index in [1.807, 2.05) is 18.2 Å². The summed E-state index contributed by atoms with van der Waals surface area (Å²) in [6.45, 7) is 4.69. The summed E-state index contributed by atoms with van der Waals surface area (Å²) in [5, 5.41) is 11.3. The van der Waals surface area contributed by atoms with Gasteiger partial charge in [0.2, 0.25) is 0 Å². The molecular formula is C14H16FN3. The zero-order valence-corrected chi connectivity index (χ0v) is 10.6. The summed E-state index contributed by atoms with van der Waals surface area (Å²) in [6.07, 6.45) is 1.03. The average molecular weight is 245 g/mol. The van der Waals surface area contributed by atoms with Gasteiger partial charge in [0.25, 0.3) is 0 Å². The Balaban J connectivity index is 2.20. The molecule has 1 aromatic heterocycles.